The highest BCUT2D eigenvalue weighted by Crippen LogP contribution is 2.44. The molecule has 4 nitrogen and oxygen atoms in total. The Kier molecular flexibility index (Phi) is 2.37. The van der Waals surface area contributed by atoms with Gasteiger partial charge in [-0.15, -0.1) is 0 Å². The number of hydrogen-bond acceptors (Lipinski definition) is 5. The van der Waals surface area contributed by atoms with Gasteiger partial charge >= 0.3 is 0 Å². The molecule has 1 N–H and O–H groups in total. The summed E-state index contributed by atoms with van der Waals surface area (Å²) in [7, 11) is 1.54. The maximum atomic E-state index is 9.06. The van der Waals surface area contributed by atoms with E-state index < -0.39 is 0 Å². The van der Waals surface area contributed by atoms with Crippen molar-refractivity contribution in [2.24, 2.45) is 0 Å². The third kappa shape index (κ3) is 1.62. The van der Waals surface area contributed by atoms with Gasteiger partial charge in [-0.25, -0.2) is 9.97 Å². The fourth-order valence-electron chi connectivity index (χ4n) is 1.25. The van der Waals surface area contributed by atoms with Gasteiger partial charge in [0.2, 0.25) is 5.88 Å². The highest BCUT2D eigenvalue weighted by Gasteiger charge is 2.29. The average Bonchev–Trinajstić information content (AvgIpc) is 2.99. The second kappa shape index (κ2) is 3.51. The largest absolute Gasteiger partial charge is 0.480 e. The molecule has 1 fully saturated rings. The number of methoxy groups -OCH3 is 1. The standard InChI is InChI=1S/C8H10N2O2S/c1-12-8-7(13-11)6(5-2-3-5)9-4-10-8/h4-5,11H,2-3H2,1H3. The van der Waals surface area contributed by atoms with E-state index in [2.05, 4.69) is 9.97 Å². The highest BCUT2D eigenvalue weighted by molar-refractivity contribution is 7.94. The molecule has 1 aliphatic carbocycles. The van der Waals surface area contributed by atoms with Crippen LogP contribution in [-0.4, -0.2) is 21.6 Å². The van der Waals surface area contributed by atoms with Gasteiger partial charge in [0, 0.05) is 18.0 Å². The predicted octanol–water partition coefficient (Wildman–Crippen LogP) is 1.93. The molecule has 1 aromatic heterocycles. The molecule has 0 aromatic carbocycles. The molecule has 0 spiro atoms. The molecule has 0 unspecified atom stereocenters. The lowest BCUT2D eigenvalue weighted by Gasteiger charge is -2.06. The van der Waals surface area contributed by atoms with Crippen LogP contribution in [0.3, 0.4) is 0 Å². The zero-order chi connectivity index (χ0) is 9.26. The molecule has 1 heterocycles. The summed E-state index contributed by atoms with van der Waals surface area (Å²) in [5.74, 6) is 0.955. The minimum absolute atomic E-state index is 0.462. The summed E-state index contributed by atoms with van der Waals surface area (Å²) in [5, 5.41) is 0. The van der Waals surface area contributed by atoms with E-state index in [9.17, 15) is 0 Å². The Morgan fingerprint density at radius 3 is 2.85 bits per heavy atom. The first-order chi connectivity index (χ1) is 6.36. The number of hydrogen-bond donors (Lipinski definition) is 1. The van der Waals surface area contributed by atoms with Gasteiger partial charge < -0.3 is 9.29 Å². The molecule has 70 valence electrons. The first-order valence-electron chi connectivity index (χ1n) is 4.07. The van der Waals surface area contributed by atoms with E-state index in [0.29, 0.717) is 28.7 Å². The van der Waals surface area contributed by atoms with Crippen LogP contribution in [0.15, 0.2) is 11.2 Å². The highest BCUT2D eigenvalue weighted by atomic mass is 32.2. The summed E-state index contributed by atoms with van der Waals surface area (Å²) in [5.41, 5.74) is 0.916. The van der Waals surface area contributed by atoms with Crippen LogP contribution in [0.1, 0.15) is 24.5 Å². The zero-order valence-electron chi connectivity index (χ0n) is 7.23. The van der Waals surface area contributed by atoms with E-state index in [1.807, 2.05) is 0 Å². The summed E-state index contributed by atoms with van der Waals surface area (Å²) in [4.78, 5) is 8.73. The fraction of sp³-hybridized carbons (Fsp3) is 0.500. The van der Waals surface area contributed by atoms with Gasteiger partial charge in [0.1, 0.15) is 11.2 Å². The minimum atomic E-state index is 0.462. The third-order valence-electron chi connectivity index (χ3n) is 2.05. The van der Waals surface area contributed by atoms with Crippen molar-refractivity contribution in [2.75, 3.05) is 7.11 Å². The SMILES string of the molecule is COc1ncnc(C2CC2)c1SO. The van der Waals surface area contributed by atoms with Gasteiger partial charge in [0.15, 0.2) is 0 Å². The summed E-state index contributed by atoms with van der Waals surface area (Å²) >= 11 is 0.665. The van der Waals surface area contributed by atoms with Gasteiger partial charge in [0.25, 0.3) is 0 Å². The van der Waals surface area contributed by atoms with Gasteiger partial charge in [-0.1, -0.05) is 0 Å². The van der Waals surface area contributed by atoms with Crippen LogP contribution >= 0.6 is 12.0 Å². The van der Waals surface area contributed by atoms with Crippen molar-refractivity contribution in [3.63, 3.8) is 0 Å². The average molecular weight is 198 g/mol. The van der Waals surface area contributed by atoms with Gasteiger partial charge in [-0.05, 0) is 12.8 Å². The zero-order valence-corrected chi connectivity index (χ0v) is 8.04. The van der Waals surface area contributed by atoms with Gasteiger partial charge in [-0.3, -0.25) is 0 Å². The summed E-state index contributed by atoms with van der Waals surface area (Å²) < 4.78 is 14.1. The maximum Gasteiger partial charge on any atom is 0.232 e. The van der Waals surface area contributed by atoms with Crippen molar-refractivity contribution < 1.29 is 9.29 Å². The molecule has 1 saturated carbocycles. The second-order valence-electron chi connectivity index (χ2n) is 2.96. The Bertz CT molecular complexity index is 315. The Morgan fingerprint density at radius 2 is 2.31 bits per heavy atom. The Hall–Kier alpha value is -0.810. The molecule has 1 aromatic rings. The normalized spacial score (nSPS) is 15.8. The van der Waals surface area contributed by atoms with Crippen molar-refractivity contribution in [3.05, 3.63) is 12.0 Å². The molecule has 0 radical (unpaired) electrons. The van der Waals surface area contributed by atoms with E-state index >= 15 is 0 Å². The van der Waals surface area contributed by atoms with Crippen molar-refractivity contribution >= 4 is 12.0 Å². The summed E-state index contributed by atoms with van der Waals surface area (Å²) in [6.07, 6.45) is 3.77. The van der Waals surface area contributed by atoms with E-state index in [0.717, 1.165) is 18.5 Å². The molecule has 0 aliphatic heterocycles. The molecular weight excluding hydrogens is 188 g/mol. The van der Waals surface area contributed by atoms with Crippen molar-refractivity contribution in [3.8, 4) is 5.88 Å². The summed E-state index contributed by atoms with van der Waals surface area (Å²) in [6.45, 7) is 0. The molecule has 0 amide bonds. The van der Waals surface area contributed by atoms with Crippen molar-refractivity contribution in [1.29, 1.82) is 0 Å². The molecule has 0 bridgehead atoms. The quantitative estimate of drug-likeness (QED) is 0.752. The molecular formula is C8H10N2O2S. The second-order valence-corrected chi connectivity index (χ2v) is 3.55. The Balaban J connectivity index is 2.41. The van der Waals surface area contributed by atoms with Crippen LogP contribution in [0.5, 0.6) is 5.88 Å². The molecule has 13 heavy (non-hydrogen) atoms. The van der Waals surface area contributed by atoms with Crippen LogP contribution in [0, 0.1) is 0 Å². The summed E-state index contributed by atoms with van der Waals surface area (Å²) in [6, 6.07) is 0. The Morgan fingerprint density at radius 1 is 1.54 bits per heavy atom. The number of rotatable bonds is 3. The number of ether oxygens (including phenoxy) is 1. The Labute approximate surface area is 80.6 Å². The predicted molar refractivity (Wildman–Crippen MR) is 49.0 cm³/mol. The van der Waals surface area contributed by atoms with Gasteiger partial charge in [-0.2, -0.15) is 0 Å². The first kappa shape index (κ1) is 8.77. The van der Waals surface area contributed by atoms with E-state index in [1.54, 1.807) is 7.11 Å². The lowest BCUT2D eigenvalue weighted by atomic mass is 10.3. The maximum absolute atomic E-state index is 9.06. The van der Waals surface area contributed by atoms with Crippen LogP contribution in [0.25, 0.3) is 0 Å². The topological polar surface area (TPSA) is 55.2 Å². The molecule has 0 atom stereocenters. The molecule has 5 heteroatoms. The van der Waals surface area contributed by atoms with Gasteiger partial charge in [0.05, 0.1) is 12.8 Å². The van der Waals surface area contributed by atoms with Crippen LogP contribution in [0.2, 0.25) is 0 Å². The lowest BCUT2D eigenvalue weighted by Crippen LogP contribution is -1.97. The monoisotopic (exact) mass is 198 g/mol. The van der Waals surface area contributed by atoms with Crippen molar-refractivity contribution in [2.45, 2.75) is 23.7 Å². The lowest BCUT2D eigenvalue weighted by molar-refractivity contribution is 0.383. The van der Waals surface area contributed by atoms with Crippen LogP contribution < -0.4 is 4.74 Å². The fourth-order valence-corrected chi connectivity index (χ4v) is 1.78. The van der Waals surface area contributed by atoms with E-state index in [4.69, 9.17) is 9.29 Å². The molecule has 2 rings (SSSR count). The van der Waals surface area contributed by atoms with Crippen molar-refractivity contribution in [1.82, 2.24) is 9.97 Å². The van der Waals surface area contributed by atoms with Crippen LogP contribution in [0.4, 0.5) is 0 Å². The third-order valence-corrected chi connectivity index (χ3v) is 2.61. The van der Waals surface area contributed by atoms with E-state index in [1.165, 1.54) is 6.33 Å². The number of aromatic nitrogens is 2. The molecule has 0 saturated heterocycles. The smallest absolute Gasteiger partial charge is 0.232 e. The van der Waals surface area contributed by atoms with E-state index in [-0.39, 0.29) is 0 Å². The molecule has 1 aliphatic rings. The minimum Gasteiger partial charge on any atom is -0.480 e. The number of nitrogens with zero attached hydrogens (tertiary/aromatic N) is 2. The van der Waals surface area contributed by atoms with Crippen LogP contribution in [-0.2, 0) is 0 Å². The first-order valence-corrected chi connectivity index (χ1v) is 4.84.